The first kappa shape index (κ1) is 14.7. The van der Waals surface area contributed by atoms with Crippen LogP contribution in [0.1, 0.15) is 32.3 Å². The number of nitrogens with zero attached hydrogens (tertiary/aromatic N) is 1. The monoisotopic (exact) mass is 327 g/mol. The Balaban J connectivity index is 2.07. The number of hydrogen-bond acceptors (Lipinski definition) is 0. The average molecular weight is 327 g/mol. The second kappa shape index (κ2) is 6.00. The molecule has 124 valence electrons. The van der Waals surface area contributed by atoms with Gasteiger partial charge < -0.3 is 0 Å². The fourth-order valence-electron chi connectivity index (χ4n) is 3.62. The van der Waals surface area contributed by atoms with Gasteiger partial charge >= 0.3 is 0 Å². The number of aromatic nitrogens is 1. The van der Waals surface area contributed by atoms with Crippen LogP contribution in [0.25, 0.3) is 32.8 Å². The molecule has 0 amide bonds. The SMILES string of the molecule is [2H]c1cc2cc(C(C)C)ccc2c(-c2cc3ccccc3cc2C)[n+]1C. The zero-order valence-electron chi connectivity index (χ0n) is 16.3. The molecule has 0 aliphatic carbocycles. The molecule has 0 aliphatic rings. The van der Waals surface area contributed by atoms with Crippen molar-refractivity contribution < 1.29 is 5.94 Å². The van der Waals surface area contributed by atoms with Crippen LogP contribution in [0, 0.1) is 6.92 Å². The Morgan fingerprint density at radius 3 is 2.32 bits per heavy atom. The first-order valence-corrected chi connectivity index (χ1v) is 8.89. The topological polar surface area (TPSA) is 3.88 Å². The maximum absolute atomic E-state index is 8.47. The second-order valence-corrected chi connectivity index (χ2v) is 7.20. The summed E-state index contributed by atoms with van der Waals surface area (Å²) in [4.78, 5) is 0. The molecule has 3 aromatic carbocycles. The summed E-state index contributed by atoms with van der Waals surface area (Å²) in [5.41, 5.74) is 4.86. The fourth-order valence-corrected chi connectivity index (χ4v) is 3.62. The Bertz CT molecular complexity index is 1140. The van der Waals surface area contributed by atoms with Crippen molar-refractivity contribution in [2.75, 3.05) is 0 Å². The van der Waals surface area contributed by atoms with Gasteiger partial charge in [0.1, 0.15) is 8.42 Å². The normalized spacial score (nSPS) is 12.1. The van der Waals surface area contributed by atoms with Crippen molar-refractivity contribution >= 4 is 21.5 Å². The van der Waals surface area contributed by atoms with Crippen LogP contribution in [0.5, 0.6) is 0 Å². The van der Waals surface area contributed by atoms with Gasteiger partial charge in [-0.1, -0.05) is 56.3 Å². The van der Waals surface area contributed by atoms with Gasteiger partial charge in [0.25, 0.3) is 0 Å². The van der Waals surface area contributed by atoms with Crippen LogP contribution in [0.2, 0.25) is 0 Å². The van der Waals surface area contributed by atoms with E-state index in [9.17, 15) is 0 Å². The zero-order chi connectivity index (χ0) is 18.4. The van der Waals surface area contributed by atoms with E-state index in [0.29, 0.717) is 12.1 Å². The van der Waals surface area contributed by atoms with Crippen LogP contribution in [0.4, 0.5) is 0 Å². The average Bonchev–Trinajstić information content (AvgIpc) is 2.62. The van der Waals surface area contributed by atoms with Crippen molar-refractivity contribution in [1.29, 1.82) is 0 Å². The number of aryl methyl sites for hydroxylation is 1. The minimum atomic E-state index is 0.480. The van der Waals surface area contributed by atoms with Crippen molar-refractivity contribution in [3.05, 3.63) is 78.0 Å². The molecule has 0 saturated carbocycles. The molecule has 0 atom stereocenters. The third kappa shape index (κ3) is 2.70. The highest BCUT2D eigenvalue weighted by atomic mass is 14.9. The predicted octanol–water partition coefficient (Wildman–Crippen LogP) is 5.92. The maximum atomic E-state index is 8.47. The number of fused-ring (bicyclic) bond motifs is 2. The third-order valence-electron chi connectivity index (χ3n) is 5.09. The molecule has 0 bridgehead atoms. The van der Waals surface area contributed by atoms with Crippen LogP contribution in [0.15, 0.2) is 66.8 Å². The molecule has 25 heavy (non-hydrogen) atoms. The molecule has 1 nitrogen and oxygen atoms in total. The second-order valence-electron chi connectivity index (χ2n) is 7.20. The molecule has 4 aromatic rings. The van der Waals surface area contributed by atoms with Crippen LogP contribution in [-0.4, -0.2) is 0 Å². The fraction of sp³-hybridized carbons (Fsp3) is 0.208. The van der Waals surface area contributed by atoms with E-state index in [1.165, 1.54) is 32.8 Å². The minimum Gasteiger partial charge on any atom is -0.200 e. The van der Waals surface area contributed by atoms with Crippen molar-refractivity contribution in [2.45, 2.75) is 26.7 Å². The van der Waals surface area contributed by atoms with Crippen molar-refractivity contribution in [1.82, 2.24) is 0 Å². The van der Waals surface area contributed by atoms with Gasteiger partial charge in [-0.05, 0) is 52.3 Å². The molecular weight excluding hydrogens is 302 g/mol. The van der Waals surface area contributed by atoms with Gasteiger partial charge in [0.2, 0.25) is 5.69 Å². The molecule has 1 heterocycles. The van der Waals surface area contributed by atoms with E-state index in [4.69, 9.17) is 1.37 Å². The van der Waals surface area contributed by atoms with Crippen molar-refractivity contribution in [3.8, 4) is 11.3 Å². The summed E-state index contributed by atoms with van der Waals surface area (Å²) in [7, 11) is 1.99. The van der Waals surface area contributed by atoms with Gasteiger partial charge in [-0.15, -0.1) is 0 Å². The number of benzene rings is 3. The summed E-state index contributed by atoms with van der Waals surface area (Å²) in [5.74, 6) is 0.480. The summed E-state index contributed by atoms with van der Waals surface area (Å²) in [6.07, 6.45) is 0.529. The highest BCUT2D eigenvalue weighted by molar-refractivity contribution is 5.97. The molecule has 0 N–H and O–H groups in total. The standard InChI is InChI=1S/C24H24N/c1-16(2)18-9-10-22-21(14-18)11-12-25(4)24(22)23-15-20-8-6-5-7-19(20)13-17(23)3/h5-16H,1-4H3/q+1/i12D. The Morgan fingerprint density at radius 1 is 0.880 bits per heavy atom. The van der Waals surface area contributed by atoms with Crippen LogP contribution in [-0.2, 0) is 7.05 Å². The highest BCUT2D eigenvalue weighted by Gasteiger charge is 2.18. The molecule has 0 radical (unpaired) electrons. The van der Waals surface area contributed by atoms with Crippen molar-refractivity contribution in [2.24, 2.45) is 7.05 Å². The Labute approximate surface area is 151 Å². The largest absolute Gasteiger partial charge is 0.220 e. The molecular formula is C24H24N+. The summed E-state index contributed by atoms with van der Waals surface area (Å²) in [5, 5.41) is 4.83. The third-order valence-corrected chi connectivity index (χ3v) is 5.09. The molecule has 1 heteroatoms. The van der Waals surface area contributed by atoms with E-state index in [0.717, 1.165) is 11.1 Å². The summed E-state index contributed by atoms with van der Waals surface area (Å²) in [6, 6.07) is 21.6. The number of hydrogen-bond donors (Lipinski definition) is 0. The highest BCUT2D eigenvalue weighted by Crippen LogP contribution is 2.32. The summed E-state index contributed by atoms with van der Waals surface area (Å²) < 4.78 is 10.5. The lowest BCUT2D eigenvalue weighted by molar-refractivity contribution is -0.659. The van der Waals surface area contributed by atoms with Gasteiger partial charge in [0.05, 0.1) is 10.9 Å². The lowest BCUT2D eigenvalue weighted by Crippen LogP contribution is -2.30. The quantitative estimate of drug-likeness (QED) is 0.403. The minimum absolute atomic E-state index is 0.480. The van der Waals surface area contributed by atoms with E-state index >= 15 is 0 Å². The molecule has 0 aliphatic heterocycles. The first-order valence-electron chi connectivity index (χ1n) is 9.39. The van der Waals surface area contributed by atoms with Crippen LogP contribution < -0.4 is 4.57 Å². The zero-order valence-corrected chi connectivity index (χ0v) is 15.3. The Hall–Kier alpha value is -2.67. The van der Waals surface area contributed by atoms with Gasteiger partial charge in [-0.3, -0.25) is 0 Å². The smallest absolute Gasteiger partial charge is 0.200 e. The number of pyridine rings is 1. The molecule has 0 saturated heterocycles. The Morgan fingerprint density at radius 2 is 1.60 bits per heavy atom. The lowest BCUT2D eigenvalue weighted by atomic mass is 9.94. The van der Waals surface area contributed by atoms with Gasteiger partial charge in [-0.2, -0.15) is 0 Å². The maximum Gasteiger partial charge on any atom is 0.220 e. The van der Waals surface area contributed by atoms with Crippen LogP contribution in [0.3, 0.4) is 0 Å². The van der Waals surface area contributed by atoms with E-state index in [2.05, 4.69) is 75.4 Å². The van der Waals surface area contributed by atoms with Gasteiger partial charge in [0, 0.05) is 6.07 Å². The molecule has 1 aromatic heterocycles. The summed E-state index contributed by atoms with van der Waals surface area (Å²) >= 11 is 0. The first-order chi connectivity index (χ1) is 12.5. The molecule has 4 rings (SSSR count). The molecule has 0 unspecified atom stereocenters. The summed E-state index contributed by atoms with van der Waals surface area (Å²) in [6.45, 7) is 6.58. The molecule has 0 fully saturated rings. The van der Waals surface area contributed by atoms with Crippen molar-refractivity contribution in [3.63, 3.8) is 0 Å². The van der Waals surface area contributed by atoms with Gasteiger partial charge in [-0.25, -0.2) is 4.57 Å². The Kier molecular flexibility index (Phi) is 3.52. The lowest BCUT2D eigenvalue weighted by Gasteiger charge is -2.11. The van der Waals surface area contributed by atoms with Crippen LogP contribution >= 0.6 is 0 Å². The van der Waals surface area contributed by atoms with E-state index in [1.807, 2.05) is 17.7 Å². The van der Waals surface area contributed by atoms with E-state index < -0.39 is 0 Å². The number of rotatable bonds is 2. The van der Waals surface area contributed by atoms with E-state index in [1.54, 1.807) is 0 Å². The van der Waals surface area contributed by atoms with E-state index in [-0.39, 0.29) is 0 Å². The van der Waals surface area contributed by atoms with Gasteiger partial charge in [0.15, 0.2) is 6.17 Å². The molecule has 0 spiro atoms. The predicted molar refractivity (Wildman–Crippen MR) is 107 cm³/mol.